The van der Waals surface area contributed by atoms with Gasteiger partial charge in [0.15, 0.2) is 5.11 Å². The Morgan fingerprint density at radius 2 is 2.00 bits per heavy atom. The van der Waals surface area contributed by atoms with E-state index < -0.39 is 11.8 Å². The molecule has 0 spiro atoms. The van der Waals surface area contributed by atoms with E-state index in [9.17, 15) is 9.59 Å². The largest absolute Gasteiger partial charge is 0.496 e. The highest BCUT2D eigenvalue weighted by Crippen LogP contribution is 2.30. The Bertz CT molecular complexity index is 1010. The number of hydrogen-bond donors (Lipinski definition) is 1. The van der Waals surface area contributed by atoms with Crippen LogP contribution in [0.25, 0.3) is 6.08 Å². The maximum atomic E-state index is 13.1. The summed E-state index contributed by atoms with van der Waals surface area (Å²) < 4.78 is 5.90. The molecular formula is C19H14BrClN2O3S. The zero-order valence-electron chi connectivity index (χ0n) is 14.4. The third-order valence-corrected chi connectivity index (χ3v) is 5.38. The topological polar surface area (TPSA) is 58.6 Å². The van der Waals surface area contributed by atoms with Gasteiger partial charge < -0.3 is 4.74 Å². The van der Waals surface area contributed by atoms with Gasteiger partial charge in [-0.15, -0.1) is 0 Å². The van der Waals surface area contributed by atoms with Crippen molar-refractivity contribution in [2.75, 3.05) is 12.0 Å². The molecule has 2 aromatic rings. The third-order valence-electron chi connectivity index (χ3n) is 4.07. The van der Waals surface area contributed by atoms with Gasteiger partial charge in [-0.25, -0.2) is 0 Å². The van der Waals surface area contributed by atoms with Crippen molar-refractivity contribution in [3.05, 3.63) is 62.6 Å². The van der Waals surface area contributed by atoms with Gasteiger partial charge >= 0.3 is 0 Å². The second-order valence-electron chi connectivity index (χ2n) is 5.74. The van der Waals surface area contributed by atoms with E-state index in [-0.39, 0.29) is 10.7 Å². The molecule has 0 aliphatic carbocycles. The summed E-state index contributed by atoms with van der Waals surface area (Å²) in [5.74, 6) is -0.414. The fourth-order valence-corrected chi connectivity index (χ4v) is 3.66. The Balaban J connectivity index is 2.05. The summed E-state index contributed by atoms with van der Waals surface area (Å²) in [6, 6.07) is 10.4. The van der Waals surface area contributed by atoms with Crippen molar-refractivity contribution < 1.29 is 14.3 Å². The minimum Gasteiger partial charge on any atom is -0.496 e. The van der Waals surface area contributed by atoms with E-state index in [0.29, 0.717) is 32.1 Å². The van der Waals surface area contributed by atoms with Crippen molar-refractivity contribution in [1.29, 1.82) is 0 Å². The molecule has 2 amide bonds. The van der Waals surface area contributed by atoms with Crippen LogP contribution in [-0.2, 0) is 9.59 Å². The molecular weight excluding hydrogens is 452 g/mol. The Hall–Kier alpha value is -2.22. The van der Waals surface area contributed by atoms with Gasteiger partial charge in [-0.3, -0.25) is 19.8 Å². The van der Waals surface area contributed by atoms with Gasteiger partial charge in [-0.05, 0) is 76.5 Å². The average Bonchev–Trinajstić information content (AvgIpc) is 2.62. The van der Waals surface area contributed by atoms with Crippen LogP contribution in [0.5, 0.6) is 5.75 Å². The Morgan fingerprint density at radius 3 is 2.67 bits per heavy atom. The summed E-state index contributed by atoms with van der Waals surface area (Å²) >= 11 is 14.8. The standard InChI is InChI=1S/C19H14BrClN2O3S/c1-10-14(21)4-3-5-15(10)23-18(25)12(17(24)22-19(23)27)8-11-6-7-16(26-2)13(20)9-11/h3-9H,1-2H3,(H,22,24,27). The number of ether oxygens (including phenoxy) is 1. The number of methoxy groups -OCH3 is 1. The fourth-order valence-electron chi connectivity index (χ4n) is 2.65. The first-order valence-corrected chi connectivity index (χ1v) is 9.41. The number of thiocarbonyl (C=S) groups is 1. The van der Waals surface area contributed by atoms with Crippen LogP contribution < -0.4 is 15.0 Å². The van der Waals surface area contributed by atoms with Crippen molar-refractivity contribution in [3.8, 4) is 5.75 Å². The second kappa shape index (κ2) is 7.80. The van der Waals surface area contributed by atoms with Crippen LogP contribution in [0.1, 0.15) is 11.1 Å². The van der Waals surface area contributed by atoms with Gasteiger partial charge in [0.25, 0.3) is 11.8 Å². The number of anilines is 1. The summed E-state index contributed by atoms with van der Waals surface area (Å²) in [4.78, 5) is 26.7. The molecule has 8 heteroatoms. The maximum Gasteiger partial charge on any atom is 0.270 e. The highest BCUT2D eigenvalue weighted by molar-refractivity contribution is 9.10. The molecule has 0 atom stereocenters. The number of halogens is 2. The minimum absolute atomic E-state index is 0.0171. The molecule has 5 nitrogen and oxygen atoms in total. The van der Waals surface area contributed by atoms with Crippen molar-refractivity contribution in [3.63, 3.8) is 0 Å². The summed E-state index contributed by atoms with van der Waals surface area (Å²) in [6.07, 6.45) is 1.51. The van der Waals surface area contributed by atoms with Crippen molar-refractivity contribution >= 4 is 68.4 Å². The molecule has 27 heavy (non-hydrogen) atoms. The number of hydrogen-bond acceptors (Lipinski definition) is 4. The summed E-state index contributed by atoms with van der Waals surface area (Å²) in [5.41, 5.74) is 1.86. The zero-order chi connectivity index (χ0) is 19.7. The molecule has 0 radical (unpaired) electrons. The number of nitrogens with one attached hydrogen (secondary N) is 1. The van der Waals surface area contributed by atoms with Gasteiger partial charge in [-0.1, -0.05) is 23.7 Å². The van der Waals surface area contributed by atoms with Gasteiger partial charge in [0.2, 0.25) is 0 Å². The first-order chi connectivity index (χ1) is 12.8. The molecule has 0 aromatic heterocycles. The zero-order valence-corrected chi connectivity index (χ0v) is 17.5. The number of nitrogens with zero attached hydrogens (tertiary/aromatic N) is 1. The summed E-state index contributed by atoms with van der Waals surface area (Å²) in [6.45, 7) is 1.79. The molecule has 0 saturated carbocycles. The highest BCUT2D eigenvalue weighted by Gasteiger charge is 2.35. The normalized spacial score (nSPS) is 15.9. The molecule has 1 aliphatic heterocycles. The highest BCUT2D eigenvalue weighted by atomic mass is 79.9. The van der Waals surface area contributed by atoms with Crippen molar-refractivity contribution in [1.82, 2.24) is 5.32 Å². The Kier molecular flexibility index (Phi) is 5.64. The average molecular weight is 466 g/mol. The SMILES string of the molecule is COc1ccc(C=C2C(=O)NC(=S)N(c3cccc(Cl)c3C)C2=O)cc1Br. The lowest BCUT2D eigenvalue weighted by molar-refractivity contribution is -0.122. The van der Waals surface area contributed by atoms with E-state index in [2.05, 4.69) is 21.2 Å². The number of amides is 2. The first kappa shape index (κ1) is 19.5. The van der Waals surface area contributed by atoms with E-state index in [1.165, 1.54) is 11.0 Å². The van der Waals surface area contributed by atoms with Crippen LogP contribution in [0.15, 0.2) is 46.4 Å². The molecule has 1 heterocycles. The van der Waals surface area contributed by atoms with Gasteiger partial charge in [0.1, 0.15) is 11.3 Å². The molecule has 1 fully saturated rings. The smallest absolute Gasteiger partial charge is 0.270 e. The van der Waals surface area contributed by atoms with E-state index in [1.54, 1.807) is 50.4 Å². The van der Waals surface area contributed by atoms with Crippen LogP contribution in [0.2, 0.25) is 5.02 Å². The molecule has 3 rings (SSSR count). The predicted octanol–water partition coefficient (Wildman–Crippen LogP) is 4.25. The first-order valence-electron chi connectivity index (χ1n) is 7.83. The van der Waals surface area contributed by atoms with E-state index in [0.717, 1.165) is 0 Å². The Morgan fingerprint density at radius 1 is 1.26 bits per heavy atom. The molecule has 1 N–H and O–H groups in total. The molecule has 0 unspecified atom stereocenters. The van der Waals surface area contributed by atoms with E-state index in [1.807, 2.05) is 0 Å². The lowest BCUT2D eigenvalue weighted by Gasteiger charge is -2.30. The number of rotatable bonds is 3. The number of carbonyl (C=O) groups is 2. The molecule has 0 bridgehead atoms. The van der Waals surface area contributed by atoms with Crippen LogP contribution in [0.4, 0.5) is 5.69 Å². The summed E-state index contributed by atoms with van der Waals surface area (Å²) in [5, 5.41) is 3.08. The number of benzene rings is 2. The molecule has 1 aliphatic rings. The van der Waals surface area contributed by atoms with Crippen LogP contribution in [0.3, 0.4) is 0 Å². The fraction of sp³-hybridized carbons (Fsp3) is 0.105. The lowest BCUT2D eigenvalue weighted by atomic mass is 10.1. The Labute approximate surface area is 175 Å². The quantitative estimate of drug-likeness (QED) is 0.418. The third kappa shape index (κ3) is 3.76. The van der Waals surface area contributed by atoms with Crippen LogP contribution >= 0.6 is 39.7 Å². The van der Waals surface area contributed by atoms with Crippen molar-refractivity contribution in [2.24, 2.45) is 0 Å². The maximum absolute atomic E-state index is 13.1. The van der Waals surface area contributed by atoms with Crippen molar-refractivity contribution in [2.45, 2.75) is 6.92 Å². The summed E-state index contributed by atoms with van der Waals surface area (Å²) in [7, 11) is 1.56. The molecule has 1 saturated heterocycles. The van der Waals surface area contributed by atoms with Gasteiger partial charge in [-0.2, -0.15) is 0 Å². The lowest BCUT2D eigenvalue weighted by Crippen LogP contribution is -2.54. The van der Waals surface area contributed by atoms with Gasteiger partial charge in [0, 0.05) is 5.02 Å². The predicted molar refractivity (Wildman–Crippen MR) is 113 cm³/mol. The minimum atomic E-state index is -0.548. The van der Waals surface area contributed by atoms with E-state index >= 15 is 0 Å². The van der Waals surface area contributed by atoms with Crippen LogP contribution in [0, 0.1) is 6.92 Å². The monoisotopic (exact) mass is 464 g/mol. The molecule has 138 valence electrons. The van der Waals surface area contributed by atoms with E-state index in [4.69, 9.17) is 28.6 Å². The number of carbonyl (C=O) groups excluding carboxylic acids is 2. The van der Waals surface area contributed by atoms with Crippen LogP contribution in [-0.4, -0.2) is 24.0 Å². The van der Waals surface area contributed by atoms with Gasteiger partial charge in [0.05, 0.1) is 17.3 Å². The molecule has 2 aromatic carbocycles. The second-order valence-corrected chi connectivity index (χ2v) is 7.38.